The summed E-state index contributed by atoms with van der Waals surface area (Å²) in [5.41, 5.74) is 4.83. The van der Waals surface area contributed by atoms with Crippen LogP contribution in [0.4, 0.5) is 0 Å². The van der Waals surface area contributed by atoms with Crippen LogP contribution >= 0.6 is 0 Å². The first-order valence-corrected chi connectivity index (χ1v) is 10.2. The molecule has 0 spiro atoms. The van der Waals surface area contributed by atoms with Crippen molar-refractivity contribution in [3.05, 3.63) is 62.8 Å². The summed E-state index contributed by atoms with van der Waals surface area (Å²) in [7, 11) is 0. The maximum atomic E-state index is 12.6. The molecule has 0 atom stereocenters. The van der Waals surface area contributed by atoms with Gasteiger partial charge in [-0.3, -0.25) is 9.69 Å². The summed E-state index contributed by atoms with van der Waals surface area (Å²) in [5.74, 6) is 1.38. The topological polar surface area (TPSA) is 49.0 Å². The minimum absolute atomic E-state index is 0.101. The fourth-order valence-corrected chi connectivity index (χ4v) is 4.51. The molecule has 1 aliphatic carbocycles. The third-order valence-electron chi connectivity index (χ3n) is 6.06. The molecule has 1 N–H and O–H groups in total. The van der Waals surface area contributed by atoms with Gasteiger partial charge in [0.2, 0.25) is 0 Å². The van der Waals surface area contributed by atoms with E-state index in [1.165, 1.54) is 30.4 Å². The number of H-pyrrole nitrogens is 1. The van der Waals surface area contributed by atoms with Gasteiger partial charge in [0.15, 0.2) is 0 Å². The lowest BCUT2D eigenvalue weighted by molar-refractivity contribution is 0.239. The largest absolute Gasteiger partial charge is 0.310 e. The third-order valence-corrected chi connectivity index (χ3v) is 6.06. The minimum atomic E-state index is 0.101. The van der Waals surface area contributed by atoms with E-state index in [1.807, 2.05) is 0 Å². The molecule has 0 amide bonds. The van der Waals surface area contributed by atoms with Crippen LogP contribution < -0.4 is 5.56 Å². The van der Waals surface area contributed by atoms with Crippen molar-refractivity contribution in [1.29, 1.82) is 0 Å². The van der Waals surface area contributed by atoms with Crippen molar-refractivity contribution < 1.29 is 0 Å². The fourth-order valence-electron chi connectivity index (χ4n) is 4.51. The van der Waals surface area contributed by atoms with Crippen LogP contribution in [0.3, 0.4) is 0 Å². The molecule has 2 aliphatic rings. The molecular formula is C22H29N3O. The summed E-state index contributed by atoms with van der Waals surface area (Å²) in [6.45, 7) is 4.87. The van der Waals surface area contributed by atoms with E-state index in [0.29, 0.717) is 5.92 Å². The molecule has 2 aromatic rings. The maximum absolute atomic E-state index is 12.6. The quantitative estimate of drug-likeness (QED) is 0.908. The van der Waals surface area contributed by atoms with E-state index in [0.717, 1.165) is 62.4 Å². The number of nitrogens with zero attached hydrogens (tertiary/aromatic N) is 2. The van der Waals surface area contributed by atoms with Gasteiger partial charge in [0.25, 0.3) is 5.56 Å². The molecule has 1 aromatic carbocycles. The molecule has 26 heavy (non-hydrogen) atoms. The Morgan fingerprint density at radius 1 is 1.15 bits per heavy atom. The highest BCUT2D eigenvalue weighted by atomic mass is 16.1. The van der Waals surface area contributed by atoms with E-state index in [4.69, 9.17) is 4.98 Å². The van der Waals surface area contributed by atoms with Crippen LogP contribution in [0.15, 0.2) is 29.1 Å². The molecule has 1 aromatic heterocycles. The van der Waals surface area contributed by atoms with Gasteiger partial charge in [-0.15, -0.1) is 0 Å². The molecule has 138 valence electrons. The molecule has 1 saturated carbocycles. The molecule has 4 heteroatoms. The molecule has 0 radical (unpaired) electrons. The summed E-state index contributed by atoms with van der Waals surface area (Å²) < 4.78 is 0. The summed E-state index contributed by atoms with van der Waals surface area (Å²) >= 11 is 0. The molecular weight excluding hydrogens is 322 g/mol. The summed E-state index contributed by atoms with van der Waals surface area (Å²) in [4.78, 5) is 23.1. The smallest absolute Gasteiger partial charge is 0.254 e. The number of hydrogen-bond donors (Lipinski definition) is 1. The van der Waals surface area contributed by atoms with Crippen molar-refractivity contribution in [3.8, 4) is 0 Å². The predicted molar refractivity (Wildman–Crippen MR) is 104 cm³/mol. The monoisotopic (exact) mass is 351 g/mol. The first-order chi connectivity index (χ1) is 12.7. The zero-order chi connectivity index (χ0) is 17.9. The molecule has 1 aliphatic heterocycles. The van der Waals surface area contributed by atoms with E-state index in [-0.39, 0.29) is 5.56 Å². The van der Waals surface area contributed by atoms with E-state index in [1.54, 1.807) is 0 Å². The van der Waals surface area contributed by atoms with Gasteiger partial charge >= 0.3 is 0 Å². The van der Waals surface area contributed by atoms with Gasteiger partial charge in [-0.05, 0) is 36.8 Å². The SMILES string of the molecule is CCc1ccccc1CN1CCc2c(nc(C3CCCCC3)[nH]c2=O)C1. The van der Waals surface area contributed by atoms with Crippen LogP contribution in [-0.2, 0) is 25.9 Å². The Hall–Kier alpha value is -1.94. The van der Waals surface area contributed by atoms with Crippen molar-refractivity contribution in [3.63, 3.8) is 0 Å². The first-order valence-electron chi connectivity index (χ1n) is 10.2. The van der Waals surface area contributed by atoms with E-state index in [9.17, 15) is 4.79 Å². The van der Waals surface area contributed by atoms with Gasteiger partial charge in [-0.25, -0.2) is 4.98 Å². The summed E-state index contributed by atoms with van der Waals surface area (Å²) in [5, 5.41) is 0. The highest BCUT2D eigenvalue weighted by molar-refractivity contribution is 5.28. The van der Waals surface area contributed by atoms with Gasteiger partial charge in [-0.1, -0.05) is 50.5 Å². The average Bonchev–Trinajstić information content (AvgIpc) is 2.69. The van der Waals surface area contributed by atoms with Gasteiger partial charge in [0.1, 0.15) is 5.82 Å². The zero-order valence-electron chi connectivity index (χ0n) is 15.8. The Bertz CT molecular complexity index is 820. The number of benzene rings is 1. The Morgan fingerprint density at radius 2 is 1.92 bits per heavy atom. The Morgan fingerprint density at radius 3 is 2.69 bits per heavy atom. The maximum Gasteiger partial charge on any atom is 0.254 e. The van der Waals surface area contributed by atoms with E-state index < -0.39 is 0 Å². The molecule has 0 bridgehead atoms. The van der Waals surface area contributed by atoms with E-state index in [2.05, 4.69) is 41.1 Å². The van der Waals surface area contributed by atoms with Crippen molar-refractivity contribution in [2.24, 2.45) is 0 Å². The zero-order valence-corrected chi connectivity index (χ0v) is 15.8. The summed E-state index contributed by atoms with van der Waals surface area (Å²) in [6.07, 6.45) is 8.01. The van der Waals surface area contributed by atoms with E-state index >= 15 is 0 Å². The number of nitrogens with one attached hydrogen (secondary N) is 1. The van der Waals surface area contributed by atoms with Crippen LogP contribution in [0, 0.1) is 0 Å². The van der Waals surface area contributed by atoms with Crippen molar-refractivity contribution in [2.45, 2.75) is 70.9 Å². The highest BCUT2D eigenvalue weighted by Gasteiger charge is 2.24. The lowest BCUT2D eigenvalue weighted by Crippen LogP contribution is -2.36. The van der Waals surface area contributed by atoms with Crippen LogP contribution in [0.2, 0.25) is 0 Å². The van der Waals surface area contributed by atoms with Gasteiger partial charge in [0.05, 0.1) is 5.69 Å². The van der Waals surface area contributed by atoms with Crippen molar-refractivity contribution in [1.82, 2.24) is 14.9 Å². The number of hydrogen-bond acceptors (Lipinski definition) is 3. The summed E-state index contributed by atoms with van der Waals surface area (Å²) in [6, 6.07) is 8.69. The molecule has 4 rings (SSSR count). The lowest BCUT2D eigenvalue weighted by atomic mass is 9.88. The third kappa shape index (κ3) is 3.61. The number of fused-ring (bicyclic) bond motifs is 1. The number of aromatic amines is 1. The molecule has 1 fully saturated rings. The highest BCUT2D eigenvalue weighted by Crippen LogP contribution is 2.31. The first kappa shape index (κ1) is 17.5. The number of rotatable bonds is 4. The molecule has 2 heterocycles. The van der Waals surface area contributed by atoms with Crippen molar-refractivity contribution in [2.75, 3.05) is 6.54 Å². The molecule has 0 saturated heterocycles. The average molecular weight is 351 g/mol. The molecule has 4 nitrogen and oxygen atoms in total. The van der Waals surface area contributed by atoms with Crippen LogP contribution in [0.1, 0.15) is 73.2 Å². The second kappa shape index (κ2) is 7.75. The normalized spacial score (nSPS) is 18.7. The standard InChI is InChI=1S/C22H29N3O/c1-2-16-8-6-7-11-18(16)14-25-13-12-19-20(15-25)23-21(24-22(19)26)17-9-4-3-5-10-17/h6-8,11,17H,2-5,9-10,12-15H2,1H3,(H,23,24,26). The fraction of sp³-hybridized carbons (Fsp3) is 0.545. The van der Waals surface area contributed by atoms with Crippen LogP contribution in [0.5, 0.6) is 0 Å². The predicted octanol–water partition coefficient (Wildman–Crippen LogP) is 3.94. The Labute approximate surface area is 155 Å². The van der Waals surface area contributed by atoms with Gasteiger partial charge in [0, 0.05) is 31.1 Å². The minimum Gasteiger partial charge on any atom is -0.310 e. The second-order valence-corrected chi connectivity index (χ2v) is 7.79. The number of aromatic nitrogens is 2. The number of aryl methyl sites for hydroxylation is 1. The van der Waals surface area contributed by atoms with Crippen molar-refractivity contribution >= 4 is 0 Å². The Kier molecular flexibility index (Phi) is 5.21. The van der Waals surface area contributed by atoms with Crippen LogP contribution in [0.25, 0.3) is 0 Å². The lowest BCUT2D eigenvalue weighted by Gasteiger charge is -2.29. The Balaban J connectivity index is 1.55. The van der Waals surface area contributed by atoms with Gasteiger partial charge in [-0.2, -0.15) is 0 Å². The van der Waals surface area contributed by atoms with Crippen LogP contribution in [-0.4, -0.2) is 21.4 Å². The van der Waals surface area contributed by atoms with Gasteiger partial charge < -0.3 is 4.98 Å². The second-order valence-electron chi connectivity index (χ2n) is 7.79. The molecule has 0 unspecified atom stereocenters.